The molecule has 0 aromatic carbocycles. The van der Waals surface area contributed by atoms with Crippen molar-refractivity contribution >= 4 is 17.7 Å². The summed E-state index contributed by atoms with van der Waals surface area (Å²) in [5, 5.41) is 12.3. The molecule has 2 unspecified atom stereocenters. The van der Waals surface area contributed by atoms with Crippen LogP contribution in [0.5, 0.6) is 0 Å². The second-order valence-electron chi connectivity index (χ2n) is 4.50. The van der Waals surface area contributed by atoms with Crippen LogP contribution in [0.15, 0.2) is 0 Å². The first kappa shape index (κ1) is 11.2. The van der Waals surface area contributed by atoms with E-state index >= 15 is 0 Å². The van der Waals surface area contributed by atoms with Crippen molar-refractivity contribution in [3.05, 3.63) is 0 Å². The molecule has 2 aliphatic rings. The van der Waals surface area contributed by atoms with E-state index in [2.05, 4.69) is 17.3 Å². The van der Waals surface area contributed by atoms with Gasteiger partial charge in [0, 0.05) is 12.3 Å². The zero-order valence-electron chi connectivity index (χ0n) is 9.03. The molecule has 2 rings (SSSR count). The Balaban J connectivity index is 1.99. The van der Waals surface area contributed by atoms with Crippen LogP contribution in [0.25, 0.3) is 0 Å². The molecule has 2 heterocycles. The topological polar surface area (TPSA) is 52.6 Å². The van der Waals surface area contributed by atoms with E-state index in [-0.39, 0.29) is 10.9 Å². The summed E-state index contributed by atoms with van der Waals surface area (Å²) in [4.78, 5) is 13.3. The summed E-state index contributed by atoms with van der Waals surface area (Å²) >= 11 is 1.80. The smallest absolute Gasteiger partial charge is 0.321 e. The van der Waals surface area contributed by atoms with Gasteiger partial charge in [-0.15, -0.1) is 11.8 Å². The summed E-state index contributed by atoms with van der Waals surface area (Å²) in [6.07, 6.45) is 3.30. The molecule has 0 aliphatic carbocycles. The molecule has 2 aliphatic heterocycles. The molecule has 1 spiro atoms. The Morgan fingerprint density at radius 2 is 2.33 bits per heavy atom. The lowest BCUT2D eigenvalue weighted by atomic mass is 10.1. The van der Waals surface area contributed by atoms with Gasteiger partial charge >= 0.3 is 5.97 Å². The van der Waals surface area contributed by atoms with E-state index in [9.17, 15) is 4.79 Å². The number of carboxylic acids is 1. The summed E-state index contributed by atoms with van der Waals surface area (Å²) < 4.78 is 0. The Kier molecular flexibility index (Phi) is 3.23. The summed E-state index contributed by atoms with van der Waals surface area (Å²) in [5.74, 6) is -0.00374. The van der Waals surface area contributed by atoms with Crippen LogP contribution in [0.2, 0.25) is 0 Å². The number of likely N-dealkylation sites (tertiary alicyclic amines) is 1. The zero-order valence-corrected chi connectivity index (χ0v) is 9.85. The van der Waals surface area contributed by atoms with Crippen LogP contribution in [0, 0.1) is 0 Å². The third kappa shape index (κ3) is 2.46. The summed E-state index contributed by atoms with van der Waals surface area (Å²) in [7, 11) is 2.13. The first-order chi connectivity index (χ1) is 7.11. The van der Waals surface area contributed by atoms with E-state index in [4.69, 9.17) is 5.11 Å². The van der Waals surface area contributed by atoms with Crippen molar-refractivity contribution < 1.29 is 9.90 Å². The van der Waals surface area contributed by atoms with Crippen molar-refractivity contribution in [2.45, 2.75) is 30.2 Å². The number of carbonyl (C=O) groups is 1. The minimum absolute atomic E-state index is 0.0355. The molecule has 15 heavy (non-hydrogen) atoms. The highest BCUT2D eigenvalue weighted by Gasteiger charge is 2.42. The second-order valence-corrected chi connectivity index (χ2v) is 5.90. The number of nitrogens with one attached hydrogen (secondary N) is 1. The number of carboxylic acid groups (broad SMARTS) is 1. The Morgan fingerprint density at radius 3 is 3.00 bits per heavy atom. The van der Waals surface area contributed by atoms with E-state index < -0.39 is 5.97 Å². The van der Waals surface area contributed by atoms with Crippen molar-refractivity contribution in [1.29, 1.82) is 0 Å². The Morgan fingerprint density at radius 1 is 1.53 bits per heavy atom. The molecule has 4 nitrogen and oxygen atoms in total. The van der Waals surface area contributed by atoms with Gasteiger partial charge in [0.2, 0.25) is 0 Å². The molecule has 2 N–H and O–H groups in total. The van der Waals surface area contributed by atoms with E-state index in [1.54, 1.807) is 11.8 Å². The van der Waals surface area contributed by atoms with Gasteiger partial charge in [-0.05, 0) is 32.9 Å². The molecule has 0 amide bonds. The number of rotatable bonds is 1. The van der Waals surface area contributed by atoms with Crippen molar-refractivity contribution in [3.8, 4) is 0 Å². The minimum atomic E-state index is -0.711. The average molecular weight is 230 g/mol. The first-order valence-corrected chi connectivity index (χ1v) is 6.43. The number of hydrogen-bond acceptors (Lipinski definition) is 4. The van der Waals surface area contributed by atoms with Gasteiger partial charge in [-0.2, -0.15) is 0 Å². The van der Waals surface area contributed by atoms with Gasteiger partial charge in [0.25, 0.3) is 0 Å². The molecule has 0 saturated carbocycles. The van der Waals surface area contributed by atoms with Crippen molar-refractivity contribution in [1.82, 2.24) is 10.2 Å². The maximum Gasteiger partial charge on any atom is 0.321 e. The molecule has 0 bridgehead atoms. The van der Waals surface area contributed by atoms with Gasteiger partial charge < -0.3 is 10.0 Å². The van der Waals surface area contributed by atoms with Crippen LogP contribution in [-0.4, -0.2) is 52.8 Å². The Hall–Kier alpha value is -0.260. The quantitative estimate of drug-likeness (QED) is 0.690. The number of thioether (sulfide) groups is 1. The van der Waals surface area contributed by atoms with E-state index in [1.165, 1.54) is 0 Å². The highest BCUT2D eigenvalue weighted by Crippen LogP contribution is 2.38. The van der Waals surface area contributed by atoms with Crippen LogP contribution >= 0.6 is 11.8 Å². The van der Waals surface area contributed by atoms with Crippen LogP contribution in [-0.2, 0) is 4.79 Å². The Labute approximate surface area is 94.4 Å². The number of hydrogen-bond donors (Lipinski definition) is 2. The molecule has 5 heteroatoms. The van der Waals surface area contributed by atoms with Crippen molar-refractivity contribution in [2.24, 2.45) is 0 Å². The van der Waals surface area contributed by atoms with Gasteiger partial charge in [-0.1, -0.05) is 0 Å². The molecular weight excluding hydrogens is 212 g/mol. The second kappa shape index (κ2) is 4.31. The third-order valence-corrected chi connectivity index (χ3v) is 4.86. The molecule has 0 aromatic rings. The fourth-order valence-electron chi connectivity index (χ4n) is 2.31. The van der Waals surface area contributed by atoms with E-state index in [0.29, 0.717) is 5.75 Å². The van der Waals surface area contributed by atoms with E-state index in [1.807, 2.05) is 0 Å². The standard InChI is InChI=1S/C10H18N2O2S/c1-12-5-2-3-10(4-6-12)11-8(7-15-10)9(13)14/h8,11H,2-7H2,1H3,(H,13,14). The number of aliphatic carboxylic acids is 1. The normalized spacial score (nSPS) is 38.1. The summed E-state index contributed by atoms with van der Waals surface area (Å²) in [5.41, 5.74) is 0. The fraction of sp³-hybridized carbons (Fsp3) is 0.900. The Bertz CT molecular complexity index is 262. The molecular formula is C10H18N2O2S. The lowest BCUT2D eigenvalue weighted by molar-refractivity contribution is -0.138. The van der Waals surface area contributed by atoms with E-state index in [0.717, 1.165) is 32.4 Å². The van der Waals surface area contributed by atoms with Gasteiger partial charge in [-0.3, -0.25) is 10.1 Å². The highest BCUT2D eigenvalue weighted by molar-refractivity contribution is 8.00. The minimum Gasteiger partial charge on any atom is -0.480 e. The van der Waals surface area contributed by atoms with Crippen LogP contribution in [0.4, 0.5) is 0 Å². The highest BCUT2D eigenvalue weighted by atomic mass is 32.2. The first-order valence-electron chi connectivity index (χ1n) is 5.44. The monoisotopic (exact) mass is 230 g/mol. The molecule has 2 saturated heterocycles. The van der Waals surface area contributed by atoms with Gasteiger partial charge in [0.1, 0.15) is 6.04 Å². The molecule has 86 valence electrons. The lowest BCUT2D eigenvalue weighted by Crippen LogP contribution is -2.45. The van der Waals surface area contributed by atoms with Crippen LogP contribution in [0.3, 0.4) is 0 Å². The zero-order chi connectivity index (χ0) is 10.9. The largest absolute Gasteiger partial charge is 0.480 e. The SMILES string of the molecule is CN1CCCC2(CC1)NC(C(=O)O)CS2. The molecule has 0 radical (unpaired) electrons. The maximum atomic E-state index is 10.9. The summed E-state index contributed by atoms with van der Waals surface area (Å²) in [6.45, 7) is 2.19. The fourth-order valence-corrected chi connectivity index (χ4v) is 3.77. The predicted molar refractivity (Wildman–Crippen MR) is 61.1 cm³/mol. The lowest BCUT2D eigenvalue weighted by Gasteiger charge is -2.27. The predicted octanol–water partition coefficient (Wildman–Crippen LogP) is 0.588. The molecule has 2 atom stereocenters. The molecule has 2 fully saturated rings. The van der Waals surface area contributed by atoms with Gasteiger partial charge in [0.15, 0.2) is 0 Å². The van der Waals surface area contributed by atoms with Crippen molar-refractivity contribution in [3.63, 3.8) is 0 Å². The van der Waals surface area contributed by atoms with Crippen molar-refractivity contribution in [2.75, 3.05) is 25.9 Å². The maximum absolute atomic E-state index is 10.9. The summed E-state index contributed by atoms with van der Waals surface area (Å²) in [6, 6.07) is -0.349. The van der Waals surface area contributed by atoms with Crippen LogP contribution < -0.4 is 5.32 Å². The average Bonchev–Trinajstić information content (AvgIpc) is 2.51. The van der Waals surface area contributed by atoms with Crippen LogP contribution in [0.1, 0.15) is 19.3 Å². The third-order valence-electron chi connectivity index (χ3n) is 3.28. The van der Waals surface area contributed by atoms with Gasteiger partial charge in [-0.25, -0.2) is 0 Å². The number of nitrogens with zero attached hydrogens (tertiary/aromatic N) is 1. The van der Waals surface area contributed by atoms with Gasteiger partial charge in [0.05, 0.1) is 4.87 Å². The molecule has 0 aromatic heterocycles.